The van der Waals surface area contributed by atoms with E-state index in [9.17, 15) is 18.3 Å². The van der Waals surface area contributed by atoms with Crippen molar-refractivity contribution in [3.8, 4) is 0 Å². The second-order valence-electron chi connectivity index (χ2n) is 5.13. The van der Waals surface area contributed by atoms with Crippen molar-refractivity contribution in [2.75, 3.05) is 6.61 Å². The first-order valence-corrected chi connectivity index (χ1v) is 8.58. The van der Waals surface area contributed by atoms with Crippen molar-refractivity contribution in [3.05, 3.63) is 16.5 Å². The van der Waals surface area contributed by atoms with Gasteiger partial charge in [0.1, 0.15) is 9.09 Å². The zero-order valence-corrected chi connectivity index (χ0v) is 12.7. The van der Waals surface area contributed by atoms with Crippen LogP contribution in [0.2, 0.25) is 0 Å². The first-order chi connectivity index (χ1) is 9.30. The largest absolute Gasteiger partial charge is 0.477 e. The highest BCUT2D eigenvalue weighted by molar-refractivity contribution is 7.91. The van der Waals surface area contributed by atoms with E-state index in [0.717, 1.165) is 24.2 Å². The lowest BCUT2D eigenvalue weighted by molar-refractivity contribution is 0.0701. The van der Waals surface area contributed by atoms with Crippen LogP contribution in [-0.2, 0) is 10.0 Å². The van der Waals surface area contributed by atoms with E-state index in [4.69, 9.17) is 5.11 Å². The molecule has 8 heteroatoms. The molecule has 0 aromatic carbocycles. The maximum absolute atomic E-state index is 12.3. The Morgan fingerprint density at radius 2 is 2.05 bits per heavy atom. The van der Waals surface area contributed by atoms with Gasteiger partial charge >= 0.3 is 5.97 Å². The molecule has 1 aliphatic carbocycles. The Kier molecular flexibility index (Phi) is 4.19. The van der Waals surface area contributed by atoms with Crippen molar-refractivity contribution in [2.24, 2.45) is 0 Å². The number of nitrogens with one attached hydrogen (secondary N) is 1. The molecular formula is C12H17NO5S2. The molecule has 0 saturated heterocycles. The highest BCUT2D eigenvalue weighted by Crippen LogP contribution is 2.33. The van der Waals surface area contributed by atoms with Gasteiger partial charge in [-0.3, -0.25) is 0 Å². The first kappa shape index (κ1) is 15.4. The van der Waals surface area contributed by atoms with Crippen molar-refractivity contribution < 1.29 is 23.4 Å². The van der Waals surface area contributed by atoms with Crippen LogP contribution in [0.15, 0.2) is 10.3 Å². The van der Waals surface area contributed by atoms with Gasteiger partial charge in [0.05, 0.1) is 12.1 Å². The highest BCUT2D eigenvalue weighted by atomic mass is 32.2. The molecule has 1 heterocycles. The van der Waals surface area contributed by atoms with Gasteiger partial charge in [-0.2, -0.15) is 0 Å². The third-order valence-corrected chi connectivity index (χ3v) is 6.85. The summed E-state index contributed by atoms with van der Waals surface area (Å²) < 4.78 is 27.2. The average molecular weight is 319 g/mol. The molecule has 3 N–H and O–H groups in total. The number of aliphatic hydroxyl groups excluding tert-OH is 1. The lowest BCUT2D eigenvalue weighted by Crippen LogP contribution is -2.48. The van der Waals surface area contributed by atoms with Crippen molar-refractivity contribution >= 4 is 27.3 Å². The maximum atomic E-state index is 12.3. The number of carbonyl (C=O) groups is 1. The fourth-order valence-electron chi connectivity index (χ4n) is 2.48. The smallest absolute Gasteiger partial charge is 0.346 e. The van der Waals surface area contributed by atoms with Crippen molar-refractivity contribution in [3.63, 3.8) is 0 Å². The second kappa shape index (κ2) is 5.44. The van der Waals surface area contributed by atoms with Crippen LogP contribution >= 0.6 is 11.3 Å². The Bertz CT molecular complexity index is 614. The molecular weight excluding hydrogens is 302 g/mol. The van der Waals surface area contributed by atoms with Gasteiger partial charge in [-0.05, 0) is 31.4 Å². The quantitative estimate of drug-likeness (QED) is 0.760. The molecule has 0 spiro atoms. The molecule has 0 unspecified atom stereocenters. The summed E-state index contributed by atoms with van der Waals surface area (Å²) >= 11 is 0.735. The molecule has 0 amide bonds. The molecule has 1 fully saturated rings. The van der Waals surface area contributed by atoms with Gasteiger partial charge < -0.3 is 10.2 Å². The third kappa shape index (κ3) is 2.88. The minimum Gasteiger partial charge on any atom is -0.477 e. The van der Waals surface area contributed by atoms with Crippen LogP contribution < -0.4 is 4.72 Å². The summed E-state index contributed by atoms with van der Waals surface area (Å²) in [4.78, 5) is 11.0. The molecule has 6 nitrogen and oxygen atoms in total. The number of rotatable bonds is 5. The van der Waals surface area contributed by atoms with Crippen LogP contribution in [0.3, 0.4) is 0 Å². The fraction of sp³-hybridized carbons (Fsp3) is 0.583. The lowest BCUT2D eigenvalue weighted by atomic mass is 10.0. The predicted molar refractivity (Wildman–Crippen MR) is 74.6 cm³/mol. The Morgan fingerprint density at radius 1 is 1.45 bits per heavy atom. The monoisotopic (exact) mass is 319 g/mol. The molecule has 1 aromatic rings. The summed E-state index contributed by atoms with van der Waals surface area (Å²) in [5.74, 6) is -1.13. The zero-order chi connectivity index (χ0) is 15.0. The Hall–Kier alpha value is -0.960. The number of thiophene rings is 1. The minimum absolute atomic E-state index is 0.0212. The fourth-order valence-corrected chi connectivity index (χ4v) is 5.31. The van der Waals surface area contributed by atoms with Gasteiger partial charge in [-0.15, -0.1) is 11.3 Å². The van der Waals surface area contributed by atoms with Crippen LogP contribution in [0.4, 0.5) is 0 Å². The van der Waals surface area contributed by atoms with Gasteiger partial charge in [0.25, 0.3) is 10.0 Å². The second-order valence-corrected chi connectivity index (χ2v) is 8.10. The van der Waals surface area contributed by atoms with Gasteiger partial charge in [0.15, 0.2) is 0 Å². The van der Waals surface area contributed by atoms with Crippen LogP contribution in [0, 0.1) is 6.92 Å². The number of aliphatic hydroxyl groups is 1. The molecule has 0 radical (unpaired) electrons. The van der Waals surface area contributed by atoms with E-state index in [1.165, 1.54) is 6.07 Å². The van der Waals surface area contributed by atoms with E-state index in [0.29, 0.717) is 18.4 Å². The predicted octanol–water partition coefficient (Wildman–Crippen LogP) is 1.34. The molecule has 20 heavy (non-hydrogen) atoms. The Morgan fingerprint density at radius 3 is 2.50 bits per heavy atom. The molecule has 0 atom stereocenters. The van der Waals surface area contributed by atoms with E-state index < -0.39 is 21.5 Å². The number of sulfonamides is 1. The number of aromatic carboxylic acids is 1. The average Bonchev–Trinajstić information content (AvgIpc) is 2.96. The molecule has 1 aliphatic rings. The molecule has 112 valence electrons. The topological polar surface area (TPSA) is 104 Å². The van der Waals surface area contributed by atoms with E-state index in [2.05, 4.69) is 4.72 Å². The SMILES string of the molecule is Cc1cc(S(=O)(=O)NC2(CO)CCCC2)sc1C(=O)O. The van der Waals surface area contributed by atoms with Crippen molar-refractivity contribution in [1.82, 2.24) is 4.72 Å². The van der Waals surface area contributed by atoms with Crippen LogP contribution in [0.25, 0.3) is 0 Å². The maximum Gasteiger partial charge on any atom is 0.346 e. The van der Waals surface area contributed by atoms with Crippen molar-refractivity contribution in [1.29, 1.82) is 0 Å². The van der Waals surface area contributed by atoms with E-state index in [1.807, 2.05) is 0 Å². The summed E-state index contributed by atoms with van der Waals surface area (Å²) in [5.41, 5.74) is -0.382. The normalized spacial score (nSPS) is 18.3. The summed E-state index contributed by atoms with van der Waals surface area (Å²) in [5, 5.41) is 18.4. The summed E-state index contributed by atoms with van der Waals surface area (Å²) in [6, 6.07) is 1.36. The van der Waals surface area contributed by atoms with Gasteiger partial charge in [-0.1, -0.05) is 12.8 Å². The third-order valence-electron chi connectivity index (χ3n) is 3.57. The van der Waals surface area contributed by atoms with Gasteiger partial charge in [0.2, 0.25) is 0 Å². The molecule has 1 aromatic heterocycles. The standard InChI is InChI=1S/C12H17NO5S2/c1-8-6-9(19-10(8)11(15)16)20(17,18)13-12(7-14)4-2-3-5-12/h6,13-14H,2-5,7H2,1H3,(H,15,16). The lowest BCUT2D eigenvalue weighted by Gasteiger charge is -2.27. The Balaban J connectivity index is 2.31. The van der Waals surface area contributed by atoms with Crippen LogP contribution in [-0.4, -0.2) is 36.7 Å². The molecule has 0 bridgehead atoms. The molecule has 1 saturated carbocycles. The van der Waals surface area contributed by atoms with E-state index in [1.54, 1.807) is 6.92 Å². The number of hydrogen-bond donors (Lipinski definition) is 3. The van der Waals surface area contributed by atoms with Crippen LogP contribution in [0.5, 0.6) is 0 Å². The number of carboxylic acid groups (broad SMARTS) is 1. The molecule has 0 aliphatic heterocycles. The van der Waals surface area contributed by atoms with Crippen LogP contribution in [0.1, 0.15) is 40.9 Å². The summed E-state index contributed by atoms with van der Waals surface area (Å²) in [6.07, 6.45) is 2.93. The van der Waals surface area contributed by atoms with Crippen molar-refractivity contribution in [2.45, 2.75) is 42.4 Å². The summed E-state index contributed by atoms with van der Waals surface area (Å²) in [6.45, 7) is 1.32. The van der Waals surface area contributed by atoms with E-state index >= 15 is 0 Å². The van der Waals surface area contributed by atoms with Gasteiger partial charge in [-0.25, -0.2) is 17.9 Å². The van der Waals surface area contributed by atoms with E-state index in [-0.39, 0.29) is 15.7 Å². The number of carboxylic acids is 1. The number of hydrogen-bond acceptors (Lipinski definition) is 5. The van der Waals surface area contributed by atoms with Gasteiger partial charge in [0, 0.05) is 0 Å². The number of aryl methyl sites for hydroxylation is 1. The first-order valence-electron chi connectivity index (χ1n) is 6.28. The molecule has 2 rings (SSSR count). The minimum atomic E-state index is -3.80. The Labute approximate surface area is 121 Å². The highest BCUT2D eigenvalue weighted by Gasteiger charge is 2.38. The zero-order valence-electron chi connectivity index (χ0n) is 11.0. The summed E-state index contributed by atoms with van der Waals surface area (Å²) in [7, 11) is -3.80.